The summed E-state index contributed by atoms with van der Waals surface area (Å²) >= 11 is 3.31. The third kappa shape index (κ3) is 1.73. The fraction of sp³-hybridized carbons (Fsp3) is 0.111. The first kappa shape index (κ1) is 10.1. The molecule has 0 aliphatic carbocycles. The van der Waals surface area contributed by atoms with Crippen molar-refractivity contribution in [2.24, 2.45) is 5.73 Å². The Labute approximate surface area is 93.4 Å². The number of hydrogen-bond donors (Lipinski definition) is 3. The van der Waals surface area contributed by atoms with Crippen LogP contribution in [0.2, 0.25) is 0 Å². The minimum Gasteiger partial charge on any atom is -0.480 e. The van der Waals surface area contributed by atoms with Crippen molar-refractivity contribution in [3.05, 3.63) is 28.4 Å². The first-order valence-electron chi connectivity index (χ1n) is 4.21. The zero-order valence-electron chi connectivity index (χ0n) is 7.57. The number of H-pyrrole nitrogens is 1. The van der Waals surface area contributed by atoms with E-state index < -0.39 is 12.0 Å². The summed E-state index contributed by atoms with van der Waals surface area (Å²) in [5, 5.41) is 16.1. The monoisotopic (exact) mass is 269 g/mol. The Kier molecular flexibility index (Phi) is 2.45. The molecule has 0 aliphatic rings. The number of aromatic amines is 1. The third-order valence-electron chi connectivity index (χ3n) is 2.12. The van der Waals surface area contributed by atoms with Gasteiger partial charge in [-0.2, -0.15) is 5.10 Å². The summed E-state index contributed by atoms with van der Waals surface area (Å²) in [5.41, 5.74) is 6.62. The average molecular weight is 270 g/mol. The van der Waals surface area contributed by atoms with Crippen molar-refractivity contribution in [1.82, 2.24) is 10.2 Å². The lowest BCUT2D eigenvalue weighted by molar-refractivity contribution is -0.138. The Morgan fingerprint density at radius 1 is 1.60 bits per heavy atom. The van der Waals surface area contributed by atoms with Crippen LogP contribution in [-0.2, 0) is 4.79 Å². The van der Waals surface area contributed by atoms with E-state index in [2.05, 4.69) is 26.1 Å². The highest BCUT2D eigenvalue weighted by molar-refractivity contribution is 9.10. The lowest BCUT2D eigenvalue weighted by Gasteiger charge is -2.03. The number of nitrogens with zero attached hydrogens (tertiary/aromatic N) is 1. The van der Waals surface area contributed by atoms with Crippen LogP contribution in [0.5, 0.6) is 0 Å². The maximum Gasteiger partial charge on any atom is 0.326 e. The molecule has 0 bridgehead atoms. The molecule has 1 aromatic carbocycles. The van der Waals surface area contributed by atoms with Crippen LogP contribution in [0.25, 0.3) is 10.9 Å². The normalized spacial score (nSPS) is 12.9. The van der Waals surface area contributed by atoms with E-state index in [0.717, 1.165) is 9.86 Å². The fourth-order valence-corrected chi connectivity index (χ4v) is 1.72. The number of aliphatic carboxylic acids is 1. The van der Waals surface area contributed by atoms with Gasteiger partial charge in [0.15, 0.2) is 0 Å². The van der Waals surface area contributed by atoms with Crippen molar-refractivity contribution in [3.8, 4) is 0 Å². The molecule has 2 aromatic rings. The zero-order valence-corrected chi connectivity index (χ0v) is 9.15. The highest BCUT2D eigenvalue weighted by Crippen LogP contribution is 2.23. The van der Waals surface area contributed by atoms with E-state index in [-0.39, 0.29) is 0 Å². The maximum atomic E-state index is 10.7. The number of fused-ring (bicyclic) bond motifs is 1. The molecule has 0 spiro atoms. The van der Waals surface area contributed by atoms with Crippen LogP contribution in [-0.4, -0.2) is 21.3 Å². The zero-order chi connectivity index (χ0) is 11.0. The molecule has 0 fully saturated rings. The van der Waals surface area contributed by atoms with Crippen LogP contribution in [0.1, 0.15) is 11.7 Å². The van der Waals surface area contributed by atoms with Gasteiger partial charge < -0.3 is 10.8 Å². The maximum absolute atomic E-state index is 10.7. The number of hydrogen-bond acceptors (Lipinski definition) is 3. The Hall–Kier alpha value is -1.40. The number of aromatic nitrogens is 2. The number of benzene rings is 1. The summed E-state index contributed by atoms with van der Waals surface area (Å²) < 4.78 is 0.886. The Bertz CT molecular complexity index is 523. The second-order valence-electron chi connectivity index (χ2n) is 3.11. The number of nitrogens with two attached hydrogens (primary N) is 1. The number of rotatable bonds is 2. The van der Waals surface area contributed by atoms with Gasteiger partial charge in [-0.1, -0.05) is 15.9 Å². The molecule has 1 aromatic heterocycles. The molecule has 15 heavy (non-hydrogen) atoms. The summed E-state index contributed by atoms with van der Waals surface area (Å²) in [4.78, 5) is 10.7. The molecule has 78 valence electrons. The molecule has 1 unspecified atom stereocenters. The Morgan fingerprint density at radius 3 is 3.00 bits per heavy atom. The Morgan fingerprint density at radius 2 is 2.33 bits per heavy atom. The third-order valence-corrected chi connectivity index (χ3v) is 2.62. The van der Waals surface area contributed by atoms with E-state index in [1.165, 1.54) is 0 Å². The molecular weight excluding hydrogens is 262 g/mol. The van der Waals surface area contributed by atoms with E-state index in [1.54, 1.807) is 12.1 Å². The number of halogens is 1. The van der Waals surface area contributed by atoms with E-state index in [9.17, 15) is 4.79 Å². The second-order valence-corrected chi connectivity index (χ2v) is 4.03. The molecular formula is C9H8BrN3O2. The van der Waals surface area contributed by atoms with Gasteiger partial charge in [-0.25, -0.2) is 0 Å². The fourth-order valence-electron chi connectivity index (χ4n) is 1.37. The van der Waals surface area contributed by atoms with Gasteiger partial charge in [0.1, 0.15) is 6.04 Å². The van der Waals surface area contributed by atoms with Gasteiger partial charge >= 0.3 is 5.97 Å². The second kappa shape index (κ2) is 3.63. The topological polar surface area (TPSA) is 92.0 Å². The predicted octanol–water partition coefficient (Wildman–Crippen LogP) is 1.41. The first-order valence-corrected chi connectivity index (χ1v) is 5.01. The molecule has 0 radical (unpaired) electrons. The van der Waals surface area contributed by atoms with Crippen LogP contribution < -0.4 is 5.73 Å². The summed E-state index contributed by atoms with van der Waals surface area (Å²) in [6.07, 6.45) is 0. The van der Waals surface area contributed by atoms with Gasteiger partial charge in [0, 0.05) is 9.86 Å². The minimum atomic E-state index is -1.08. The Balaban J connectivity index is 2.59. The van der Waals surface area contributed by atoms with E-state index >= 15 is 0 Å². The summed E-state index contributed by atoms with van der Waals surface area (Å²) in [5.74, 6) is -1.08. The summed E-state index contributed by atoms with van der Waals surface area (Å²) in [6.45, 7) is 0. The number of carbonyl (C=O) groups is 1. The standard InChI is InChI=1S/C9H8BrN3O2/c10-4-1-2-5-6(3-4)12-13-8(5)7(11)9(14)15/h1-3,7H,11H2,(H,12,13)(H,14,15). The van der Waals surface area contributed by atoms with Gasteiger partial charge in [-0.15, -0.1) is 0 Å². The van der Waals surface area contributed by atoms with Crippen molar-refractivity contribution < 1.29 is 9.90 Å². The average Bonchev–Trinajstić information content (AvgIpc) is 2.59. The molecule has 0 aliphatic heterocycles. The van der Waals surface area contributed by atoms with E-state index in [4.69, 9.17) is 10.8 Å². The van der Waals surface area contributed by atoms with Crippen LogP contribution >= 0.6 is 15.9 Å². The van der Waals surface area contributed by atoms with Crippen molar-refractivity contribution in [1.29, 1.82) is 0 Å². The van der Waals surface area contributed by atoms with Gasteiger partial charge in [0.25, 0.3) is 0 Å². The van der Waals surface area contributed by atoms with Gasteiger partial charge in [-0.05, 0) is 18.2 Å². The number of carboxylic acid groups (broad SMARTS) is 1. The molecule has 6 heteroatoms. The van der Waals surface area contributed by atoms with E-state index in [1.807, 2.05) is 6.07 Å². The largest absolute Gasteiger partial charge is 0.480 e. The molecule has 5 nitrogen and oxygen atoms in total. The predicted molar refractivity (Wildman–Crippen MR) is 58.4 cm³/mol. The smallest absolute Gasteiger partial charge is 0.326 e. The van der Waals surface area contributed by atoms with Gasteiger partial charge in [-0.3, -0.25) is 9.89 Å². The van der Waals surface area contributed by atoms with Gasteiger partial charge in [0.2, 0.25) is 0 Å². The lowest BCUT2D eigenvalue weighted by atomic mass is 10.1. The molecule has 0 saturated carbocycles. The number of carboxylic acids is 1. The van der Waals surface area contributed by atoms with Gasteiger partial charge in [0.05, 0.1) is 11.2 Å². The molecule has 1 atom stereocenters. The number of nitrogens with one attached hydrogen (secondary N) is 1. The minimum absolute atomic E-state index is 0.421. The van der Waals surface area contributed by atoms with Crippen molar-refractivity contribution >= 4 is 32.8 Å². The SMILES string of the molecule is NC(C(=O)O)c1[nH]nc2cc(Br)ccc12. The highest BCUT2D eigenvalue weighted by Gasteiger charge is 2.19. The van der Waals surface area contributed by atoms with Crippen LogP contribution in [0, 0.1) is 0 Å². The highest BCUT2D eigenvalue weighted by atomic mass is 79.9. The molecule has 0 saturated heterocycles. The van der Waals surface area contributed by atoms with Crippen LogP contribution in [0.4, 0.5) is 0 Å². The van der Waals surface area contributed by atoms with Crippen molar-refractivity contribution in [2.45, 2.75) is 6.04 Å². The first-order chi connectivity index (χ1) is 7.09. The van der Waals surface area contributed by atoms with Crippen LogP contribution in [0.3, 0.4) is 0 Å². The summed E-state index contributed by atoms with van der Waals surface area (Å²) in [6, 6.07) is 4.32. The molecule has 4 N–H and O–H groups in total. The molecule has 0 amide bonds. The van der Waals surface area contributed by atoms with E-state index in [0.29, 0.717) is 11.2 Å². The quantitative estimate of drug-likeness (QED) is 0.769. The lowest BCUT2D eigenvalue weighted by Crippen LogP contribution is -2.21. The summed E-state index contributed by atoms with van der Waals surface area (Å²) in [7, 11) is 0. The molecule has 1 heterocycles. The van der Waals surface area contributed by atoms with Crippen LogP contribution in [0.15, 0.2) is 22.7 Å². The van der Waals surface area contributed by atoms with Crippen molar-refractivity contribution in [3.63, 3.8) is 0 Å². The molecule has 2 rings (SSSR count). The van der Waals surface area contributed by atoms with Crippen molar-refractivity contribution in [2.75, 3.05) is 0 Å².